The third-order valence-corrected chi connectivity index (χ3v) is 4.05. The van der Waals surface area contributed by atoms with Gasteiger partial charge < -0.3 is 10.5 Å². The molecule has 0 amide bonds. The van der Waals surface area contributed by atoms with E-state index in [1.165, 1.54) is 0 Å². The van der Waals surface area contributed by atoms with E-state index >= 15 is 0 Å². The molecule has 0 heterocycles. The minimum Gasteiger partial charge on any atom is -0.455 e. The van der Waals surface area contributed by atoms with E-state index < -0.39 is 0 Å². The van der Waals surface area contributed by atoms with Crippen molar-refractivity contribution in [2.45, 2.75) is 13.0 Å². The minimum atomic E-state index is 0.0206. The highest BCUT2D eigenvalue weighted by Crippen LogP contribution is 2.33. The summed E-state index contributed by atoms with van der Waals surface area (Å²) >= 11 is 5.77. The molecule has 18 heavy (non-hydrogen) atoms. The Morgan fingerprint density at radius 1 is 1.17 bits per heavy atom. The van der Waals surface area contributed by atoms with Crippen LogP contribution in [0, 0.1) is 3.57 Å². The molecule has 0 aliphatic rings. The Bertz CT molecular complexity index is 557. The van der Waals surface area contributed by atoms with Gasteiger partial charge in [0.15, 0.2) is 0 Å². The Balaban J connectivity index is 2.28. The number of para-hydroxylation sites is 1. The maximum absolute atomic E-state index is 5.88. The zero-order valence-corrected chi connectivity index (χ0v) is 13.6. The number of nitrogens with two attached hydrogens (primary N) is 1. The van der Waals surface area contributed by atoms with Crippen molar-refractivity contribution in [1.29, 1.82) is 0 Å². The number of benzene rings is 2. The average Bonchev–Trinajstić information content (AvgIpc) is 2.34. The smallest absolute Gasteiger partial charge is 0.141 e. The molecule has 2 nitrogen and oxygen atoms in total. The zero-order chi connectivity index (χ0) is 13.1. The Kier molecular flexibility index (Phi) is 4.64. The van der Waals surface area contributed by atoms with Gasteiger partial charge in [-0.25, -0.2) is 0 Å². The van der Waals surface area contributed by atoms with Gasteiger partial charge in [-0.2, -0.15) is 0 Å². The summed E-state index contributed by atoms with van der Waals surface area (Å²) in [5.41, 5.74) is 6.93. The van der Waals surface area contributed by atoms with E-state index in [-0.39, 0.29) is 6.04 Å². The van der Waals surface area contributed by atoms with Gasteiger partial charge in [-0.3, -0.25) is 0 Å². The second kappa shape index (κ2) is 6.04. The highest BCUT2D eigenvalue weighted by Gasteiger charge is 2.08. The van der Waals surface area contributed by atoms with E-state index in [0.29, 0.717) is 0 Å². The molecule has 0 saturated carbocycles. The van der Waals surface area contributed by atoms with Crippen LogP contribution in [-0.2, 0) is 0 Å². The molecule has 4 heteroatoms. The molecule has 0 bridgehead atoms. The monoisotopic (exact) mass is 417 g/mol. The Morgan fingerprint density at radius 3 is 2.50 bits per heavy atom. The molecular formula is C14H13BrINO. The maximum atomic E-state index is 5.88. The van der Waals surface area contributed by atoms with Crippen LogP contribution in [0.4, 0.5) is 0 Å². The summed E-state index contributed by atoms with van der Waals surface area (Å²) in [6, 6.07) is 13.9. The predicted molar refractivity (Wildman–Crippen MR) is 86.0 cm³/mol. The normalized spacial score (nSPS) is 12.2. The van der Waals surface area contributed by atoms with Crippen molar-refractivity contribution in [2.24, 2.45) is 5.73 Å². The van der Waals surface area contributed by atoms with E-state index in [1.807, 2.05) is 49.4 Å². The van der Waals surface area contributed by atoms with Gasteiger partial charge in [0.2, 0.25) is 0 Å². The van der Waals surface area contributed by atoms with Crippen molar-refractivity contribution in [3.8, 4) is 11.5 Å². The maximum Gasteiger partial charge on any atom is 0.141 e. The molecule has 94 valence electrons. The number of hydrogen-bond donors (Lipinski definition) is 1. The fourth-order valence-electron chi connectivity index (χ4n) is 1.53. The van der Waals surface area contributed by atoms with Gasteiger partial charge >= 0.3 is 0 Å². The lowest BCUT2D eigenvalue weighted by atomic mass is 10.1. The molecule has 0 aliphatic heterocycles. The van der Waals surface area contributed by atoms with E-state index in [1.54, 1.807) is 0 Å². The molecule has 2 rings (SSSR count). The number of rotatable bonds is 3. The molecule has 1 atom stereocenters. The first-order valence-corrected chi connectivity index (χ1v) is 7.42. The van der Waals surface area contributed by atoms with Crippen molar-refractivity contribution in [3.05, 3.63) is 56.1 Å². The number of ether oxygens (including phenoxy) is 1. The summed E-state index contributed by atoms with van der Waals surface area (Å²) < 4.78 is 7.88. The first-order chi connectivity index (χ1) is 8.58. The summed E-state index contributed by atoms with van der Waals surface area (Å²) in [5, 5.41) is 0. The van der Waals surface area contributed by atoms with Crippen molar-refractivity contribution >= 4 is 38.5 Å². The van der Waals surface area contributed by atoms with E-state index in [0.717, 1.165) is 25.1 Å². The topological polar surface area (TPSA) is 35.2 Å². The van der Waals surface area contributed by atoms with Crippen LogP contribution in [-0.4, -0.2) is 0 Å². The molecule has 0 radical (unpaired) electrons. The van der Waals surface area contributed by atoms with Crippen LogP contribution in [0.25, 0.3) is 0 Å². The highest BCUT2D eigenvalue weighted by molar-refractivity contribution is 14.1. The van der Waals surface area contributed by atoms with Gasteiger partial charge in [0.25, 0.3) is 0 Å². The third-order valence-electron chi connectivity index (χ3n) is 2.54. The molecule has 0 fully saturated rings. The van der Waals surface area contributed by atoms with Gasteiger partial charge in [-0.05, 0) is 75.3 Å². The van der Waals surface area contributed by atoms with Crippen LogP contribution < -0.4 is 10.5 Å². The minimum absolute atomic E-state index is 0.0206. The summed E-state index contributed by atoms with van der Waals surface area (Å²) in [4.78, 5) is 0. The Morgan fingerprint density at radius 2 is 1.89 bits per heavy atom. The van der Waals surface area contributed by atoms with Crippen LogP contribution in [0.2, 0.25) is 0 Å². The molecule has 0 aromatic heterocycles. The Hall–Kier alpha value is -0.590. The van der Waals surface area contributed by atoms with Gasteiger partial charge in [0.1, 0.15) is 11.5 Å². The fourth-order valence-corrected chi connectivity index (χ4v) is 2.50. The summed E-state index contributed by atoms with van der Waals surface area (Å²) in [6.07, 6.45) is 0. The standard InChI is InChI=1S/C14H13BrINO/c1-9(17)10-6-7-13(11(15)8-10)18-14-5-3-2-4-12(14)16/h2-9H,17H2,1H3. The molecule has 1 unspecified atom stereocenters. The van der Waals surface area contributed by atoms with Crippen LogP contribution in [0.5, 0.6) is 11.5 Å². The van der Waals surface area contributed by atoms with Crippen LogP contribution in [0.3, 0.4) is 0 Å². The summed E-state index contributed by atoms with van der Waals surface area (Å²) in [6.45, 7) is 1.96. The highest BCUT2D eigenvalue weighted by atomic mass is 127. The number of hydrogen-bond acceptors (Lipinski definition) is 2. The largest absolute Gasteiger partial charge is 0.455 e. The Labute approximate surface area is 129 Å². The summed E-state index contributed by atoms with van der Waals surface area (Å²) in [7, 11) is 0. The second-order valence-corrected chi connectivity index (χ2v) is 6.03. The molecular weight excluding hydrogens is 405 g/mol. The first-order valence-electron chi connectivity index (χ1n) is 5.55. The van der Waals surface area contributed by atoms with Crippen LogP contribution in [0.1, 0.15) is 18.5 Å². The molecule has 2 aromatic rings. The lowest BCUT2D eigenvalue weighted by Gasteiger charge is -2.12. The molecule has 2 aromatic carbocycles. The van der Waals surface area contributed by atoms with E-state index in [2.05, 4.69) is 38.5 Å². The number of halogens is 2. The van der Waals surface area contributed by atoms with Crippen molar-refractivity contribution in [3.63, 3.8) is 0 Å². The van der Waals surface area contributed by atoms with Gasteiger partial charge in [-0.15, -0.1) is 0 Å². The van der Waals surface area contributed by atoms with Crippen LogP contribution in [0.15, 0.2) is 46.9 Å². The lowest BCUT2D eigenvalue weighted by molar-refractivity contribution is 0.476. The van der Waals surface area contributed by atoms with Gasteiger partial charge in [0.05, 0.1) is 8.04 Å². The van der Waals surface area contributed by atoms with Gasteiger partial charge in [0, 0.05) is 6.04 Å². The quantitative estimate of drug-likeness (QED) is 0.723. The third kappa shape index (κ3) is 3.24. The van der Waals surface area contributed by atoms with Crippen molar-refractivity contribution < 1.29 is 4.74 Å². The summed E-state index contributed by atoms with van der Waals surface area (Å²) in [5.74, 6) is 1.65. The molecule has 0 aliphatic carbocycles. The fraction of sp³-hybridized carbons (Fsp3) is 0.143. The van der Waals surface area contributed by atoms with Crippen LogP contribution >= 0.6 is 38.5 Å². The molecule has 0 saturated heterocycles. The molecule has 0 spiro atoms. The van der Waals surface area contributed by atoms with Gasteiger partial charge in [-0.1, -0.05) is 18.2 Å². The van der Waals surface area contributed by atoms with Crippen molar-refractivity contribution in [2.75, 3.05) is 0 Å². The average molecular weight is 418 g/mol. The van der Waals surface area contributed by atoms with Crippen molar-refractivity contribution in [1.82, 2.24) is 0 Å². The predicted octanol–water partition coefficient (Wildman–Crippen LogP) is 4.87. The van der Waals surface area contributed by atoms with E-state index in [9.17, 15) is 0 Å². The molecule has 2 N–H and O–H groups in total. The second-order valence-electron chi connectivity index (χ2n) is 4.01. The lowest BCUT2D eigenvalue weighted by Crippen LogP contribution is -2.04. The zero-order valence-electron chi connectivity index (χ0n) is 9.86. The SMILES string of the molecule is CC(N)c1ccc(Oc2ccccc2I)c(Br)c1. The first kappa shape index (κ1) is 13.8. The van der Waals surface area contributed by atoms with E-state index in [4.69, 9.17) is 10.5 Å².